The molecule has 1 rings (SSSR count). The average molecular weight is 274 g/mol. The lowest BCUT2D eigenvalue weighted by Gasteiger charge is -2.07. The van der Waals surface area contributed by atoms with Crippen molar-refractivity contribution in [3.8, 4) is 0 Å². The molecule has 0 N–H and O–H groups in total. The summed E-state index contributed by atoms with van der Waals surface area (Å²) in [6, 6.07) is 5.21. The van der Waals surface area contributed by atoms with Crippen LogP contribution in [-0.4, -0.2) is 25.1 Å². The predicted molar refractivity (Wildman–Crippen MR) is 75.9 cm³/mol. The van der Waals surface area contributed by atoms with Gasteiger partial charge in [0.2, 0.25) is 0 Å². The Hall–Kier alpha value is -2.23. The van der Waals surface area contributed by atoms with E-state index in [1.807, 2.05) is 6.07 Å². The van der Waals surface area contributed by atoms with Gasteiger partial charge in [0.05, 0.1) is 6.61 Å². The maximum Gasteiger partial charge on any atom is 0.333 e. The third-order valence-electron chi connectivity index (χ3n) is 2.90. The molecule has 0 unspecified atom stereocenters. The van der Waals surface area contributed by atoms with Gasteiger partial charge in [0.15, 0.2) is 12.6 Å². The molecule has 0 aromatic heterocycles. The Balaban J connectivity index is 2.46. The monoisotopic (exact) mass is 274 g/mol. The van der Waals surface area contributed by atoms with E-state index >= 15 is 0 Å². The molecule has 0 heterocycles. The van der Waals surface area contributed by atoms with Crippen molar-refractivity contribution in [2.75, 3.05) is 6.61 Å². The van der Waals surface area contributed by atoms with E-state index in [2.05, 4.69) is 6.58 Å². The molecule has 0 spiro atoms. The molecule has 0 atom stereocenters. The highest BCUT2D eigenvalue weighted by Crippen LogP contribution is 2.14. The van der Waals surface area contributed by atoms with Gasteiger partial charge in [-0.2, -0.15) is 0 Å². The van der Waals surface area contributed by atoms with Crippen LogP contribution in [0, 0.1) is 0 Å². The normalized spacial score (nSPS) is 9.85. The van der Waals surface area contributed by atoms with E-state index in [4.69, 9.17) is 4.74 Å². The van der Waals surface area contributed by atoms with Crippen molar-refractivity contribution < 1.29 is 19.1 Å². The Kier molecular flexibility index (Phi) is 6.37. The highest BCUT2D eigenvalue weighted by atomic mass is 16.5. The number of aryl methyl sites for hydroxylation is 1. The molecule has 1 aromatic carbocycles. The van der Waals surface area contributed by atoms with Crippen molar-refractivity contribution in [1.29, 1.82) is 0 Å². The minimum absolute atomic E-state index is 0.329. The summed E-state index contributed by atoms with van der Waals surface area (Å²) >= 11 is 0. The third kappa shape index (κ3) is 4.46. The highest BCUT2D eigenvalue weighted by molar-refractivity contribution is 5.91. The standard InChI is InChI=1S/C16H18O4/c1-12(2)16(19)20-9-4-3-6-13-7-5-8-14(10-17)15(13)11-18/h5,7-8,10-11H,1,3-4,6,9H2,2H3. The van der Waals surface area contributed by atoms with Crippen molar-refractivity contribution in [2.24, 2.45) is 0 Å². The van der Waals surface area contributed by atoms with Crippen molar-refractivity contribution in [3.05, 3.63) is 47.0 Å². The summed E-state index contributed by atoms with van der Waals surface area (Å²) in [7, 11) is 0. The van der Waals surface area contributed by atoms with Gasteiger partial charge in [0, 0.05) is 16.7 Å². The molecule has 0 radical (unpaired) electrons. The fraction of sp³-hybridized carbons (Fsp3) is 0.312. The van der Waals surface area contributed by atoms with Crippen molar-refractivity contribution in [3.63, 3.8) is 0 Å². The van der Waals surface area contributed by atoms with Crippen LogP contribution in [-0.2, 0) is 16.0 Å². The Morgan fingerprint density at radius 1 is 1.25 bits per heavy atom. The molecule has 1 aromatic rings. The number of unbranched alkanes of at least 4 members (excludes halogenated alkanes) is 1. The van der Waals surface area contributed by atoms with Crippen LogP contribution >= 0.6 is 0 Å². The first kappa shape index (κ1) is 15.8. The van der Waals surface area contributed by atoms with Crippen LogP contribution in [0.25, 0.3) is 0 Å². The quantitative estimate of drug-likeness (QED) is 0.316. The number of benzene rings is 1. The van der Waals surface area contributed by atoms with E-state index < -0.39 is 0 Å². The number of carbonyl (C=O) groups is 3. The van der Waals surface area contributed by atoms with Gasteiger partial charge < -0.3 is 4.74 Å². The fourth-order valence-corrected chi connectivity index (χ4v) is 1.80. The molecule has 4 nitrogen and oxygen atoms in total. The van der Waals surface area contributed by atoms with Crippen LogP contribution in [0.3, 0.4) is 0 Å². The lowest BCUT2D eigenvalue weighted by atomic mass is 9.98. The molecular weight excluding hydrogens is 256 g/mol. The van der Waals surface area contributed by atoms with E-state index in [-0.39, 0.29) is 5.97 Å². The van der Waals surface area contributed by atoms with Gasteiger partial charge in [-0.1, -0.05) is 24.8 Å². The van der Waals surface area contributed by atoms with Crippen molar-refractivity contribution in [1.82, 2.24) is 0 Å². The summed E-state index contributed by atoms with van der Waals surface area (Å²) in [5, 5.41) is 0. The topological polar surface area (TPSA) is 60.4 Å². The number of hydrogen-bond donors (Lipinski definition) is 0. The predicted octanol–water partition coefficient (Wildman–Crippen LogP) is 2.75. The second-order valence-electron chi connectivity index (χ2n) is 4.53. The Bertz CT molecular complexity index is 517. The molecule has 0 fully saturated rings. The first-order chi connectivity index (χ1) is 9.60. The van der Waals surface area contributed by atoms with Crippen LogP contribution in [0.2, 0.25) is 0 Å². The number of ether oxygens (including phenoxy) is 1. The van der Waals surface area contributed by atoms with Crippen LogP contribution in [0.1, 0.15) is 46.0 Å². The molecule has 0 bridgehead atoms. The molecule has 0 saturated heterocycles. The Morgan fingerprint density at radius 2 is 2.00 bits per heavy atom. The molecule has 0 amide bonds. The van der Waals surface area contributed by atoms with Crippen molar-refractivity contribution in [2.45, 2.75) is 26.2 Å². The van der Waals surface area contributed by atoms with Crippen LogP contribution in [0.4, 0.5) is 0 Å². The molecule has 4 heteroatoms. The second kappa shape index (κ2) is 8.04. The van der Waals surface area contributed by atoms with Crippen LogP contribution < -0.4 is 0 Å². The van der Waals surface area contributed by atoms with E-state index in [0.29, 0.717) is 48.7 Å². The van der Waals surface area contributed by atoms with Gasteiger partial charge in [-0.05, 0) is 31.7 Å². The zero-order valence-corrected chi connectivity index (χ0v) is 11.6. The number of aldehydes is 2. The first-order valence-corrected chi connectivity index (χ1v) is 6.45. The summed E-state index contributed by atoms with van der Waals surface area (Å²) in [5.74, 6) is -0.387. The highest BCUT2D eigenvalue weighted by Gasteiger charge is 2.07. The van der Waals surface area contributed by atoms with E-state index in [1.165, 1.54) is 0 Å². The fourth-order valence-electron chi connectivity index (χ4n) is 1.80. The second-order valence-corrected chi connectivity index (χ2v) is 4.53. The number of carbonyl (C=O) groups excluding carboxylic acids is 3. The van der Waals surface area contributed by atoms with Gasteiger partial charge in [-0.15, -0.1) is 0 Å². The molecule has 0 aliphatic rings. The molecular formula is C16H18O4. The number of hydrogen-bond acceptors (Lipinski definition) is 4. The molecule has 0 aliphatic carbocycles. The molecule has 20 heavy (non-hydrogen) atoms. The average Bonchev–Trinajstić information content (AvgIpc) is 2.45. The van der Waals surface area contributed by atoms with E-state index in [9.17, 15) is 14.4 Å². The Morgan fingerprint density at radius 3 is 2.60 bits per heavy atom. The largest absolute Gasteiger partial charge is 0.462 e. The third-order valence-corrected chi connectivity index (χ3v) is 2.90. The zero-order chi connectivity index (χ0) is 15.0. The summed E-state index contributed by atoms with van der Waals surface area (Å²) in [6.45, 7) is 5.43. The maximum absolute atomic E-state index is 11.2. The number of esters is 1. The minimum atomic E-state index is -0.387. The number of rotatable bonds is 8. The lowest BCUT2D eigenvalue weighted by Crippen LogP contribution is -2.06. The summed E-state index contributed by atoms with van der Waals surface area (Å²) < 4.78 is 4.98. The van der Waals surface area contributed by atoms with E-state index in [0.717, 1.165) is 12.0 Å². The lowest BCUT2D eigenvalue weighted by molar-refractivity contribution is -0.139. The van der Waals surface area contributed by atoms with Gasteiger partial charge >= 0.3 is 5.97 Å². The summed E-state index contributed by atoms with van der Waals surface area (Å²) in [5.41, 5.74) is 2.08. The van der Waals surface area contributed by atoms with Gasteiger partial charge in [0.1, 0.15) is 0 Å². The zero-order valence-electron chi connectivity index (χ0n) is 11.6. The summed E-state index contributed by atoms with van der Waals surface area (Å²) in [6.07, 6.45) is 3.53. The van der Waals surface area contributed by atoms with Crippen molar-refractivity contribution >= 4 is 18.5 Å². The Labute approximate surface area is 118 Å². The molecule has 0 aliphatic heterocycles. The van der Waals surface area contributed by atoms with E-state index in [1.54, 1.807) is 19.1 Å². The molecule has 0 saturated carbocycles. The van der Waals surface area contributed by atoms with Crippen LogP contribution in [0.5, 0.6) is 0 Å². The minimum Gasteiger partial charge on any atom is -0.462 e. The summed E-state index contributed by atoms with van der Waals surface area (Å²) in [4.78, 5) is 33.0. The SMILES string of the molecule is C=C(C)C(=O)OCCCCc1cccc(C=O)c1C=O. The van der Waals surface area contributed by atoms with Gasteiger partial charge in [0.25, 0.3) is 0 Å². The maximum atomic E-state index is 11.2. The molecule has 106 valence electrons. The first-order valence-electron chi connectivity index (χ1n) is 6.45. The van der Waals surface area contributed by atoms with Gasteiger partial charge in [-0.3, -0.25) is 9.59 Å². The smallest absolute Gasteiger partial charge is 0.333 e. The van der Waals surface area contributed by atoms with Crippen LogP contribution in [0.15, 0.2) is 30.4 Å². The van der Waals surface area contributed by atoms with Gasteiger partial charge in [-0.25, -0.2) is 4.79 Å².